The van der Waals surface area contributed by atoms with E-state index in [0.29, 0.717) is 12.8 Å². The molecule has 0 unspecified atom stereocenters. The Morgan fingerprint density at radius 1 is 1.11 bits per heavy atom. The maximum Gasteiger partial charge on any atom is 0.191 e. The van der Waals surface area contributed by atoms with Crippen molar-refractivity contribution in [1.82, 2.24) is 14.8 Å². The van der Waals surface area contributed by atoms with Gasteiger partial charge in [-0.1, -0.05) is 31.0 Å². The standard InChI is InChI=1S/C20H27N3O3S/c1-24-17-9-7-15(8-10-17)19-21-22-20(23(19)16-5-3-2-4-6-16)27-13-18-11-12-25-14-26-18/h7-10,16,18H,2-6,11-14H2,1H3/t18-/m0/s1. The van der Waals surface area contributed by atoms with Gasteiger partial charge in [0.15, 0.2) is 11.0 Å². The van der Waals surface area contributed by atoms with E-state index >= 15 is 0 Å². The highest BCUT2D eigenvalue weighted by molar-refractivity contribution is 7.99. The molecule has 2 heterocycles. The third-order valence-corrected chi connectivity index (χ3v) is 6.40. The van der Waals surface area contributed by atoms with Gasteiger partial charge in [-0.15, -0.1) is 10.2 Å². The number of ether oxygens (including phenoxy) is 3. The number of hydrogen-bond donors (Lipinski definition) is 0. The Labute approximate surface area is 164 Å². The Bertz CT molecular complexity index is 723. The summed E-state index contributed by atoms with van der Waals surface area (Å²) in [5.74, 6) is 2.70. The SMILES string of the molecule is COc1ccc(-c2nnc(SC[C@@H]3CCOCO3)n2C2CCCCC2)cc1. The molecule has 0 spiro atoms. The van der Waals surface area contributed by atoms with Gasteiger partial charge in [0, 0.05) is 17.4 Å². The highest BCUT2D eigenvalue weighted by Crippen LogP contribution is 2.36. The Morgan fingerprint density at radius 3 is 2.63 bits per heavy atom. The van der Waals surface area contributed by atoms with Crippen molar-refractivity contribution in [3.8, 4) is 17.1 Å². The van der Waals surface area contributed by atoms with Gasteiger partial charge >= 0.3 is 0 Å². The Morgan fingerprint density at radius 2 is 1.93 bits per heavy atom. The predicted molar refractivity (Wildman–Crippen MR) is 105 cm³/mol. The van der Waals surface area contributed by atoms with Crippen molar-refractivity contribution in [2.24, 2.45) is 0 Å². The minimum Gasteiger partial charge on any atom is -0.497 e. The second-order valence-electron chi connectivity index (χ2n) is 7.11. The highest BCUT2D eigenvalue weighted by Gasteiger charge is 2.25. The van der Waals surface area contributed by atoms with E-state index < -0.39 is 0 Å². The Balaban J connectivity index is 1.58. The number of benzene rings is 1. The van der Waals surface area contributed by atoms with Gasteiger partial charge in [0.25, 0.3) is 0 Å². The molecule has 2 aromatic rings. The van der Waals surface area contributed by atoms with Crippen molar-refractivity contribution in [2.45, 2.75) is 55.8 Å². The van der Waals surface area contributed by atoms with E-state index in [-0.39, 0.29) is 6.10 Å². The van der Waals surface area contributed by atoms with Crippen LogP contribution in [-0.4, -0.2) is 47.1 Å². The molecule has 2 aliphatic rings. The maximum atomic E-state index is 5.69. The molecule has 6 nitrogen and oxygen atoms in total. The third kappa shape index (κ3) is 4.47. The number of aromatic nitrogens is 3. The smallest absolute Gasteiger partial charge is 0.191 e. The van der Waals surface area contributed by atoms with Crippen LogP contribution >= 0.6 is 11.8 Å². The van der Waals surface area contributed by atoms with Crippen molar-refractivity contribution < 1.29 is 14.2 Å². The van der Waals surface area contributed by atoms with Gasteiger partial charge in [-0.25, -0.2) is 0 Å². The zero-order chi connectivity index (χ0) is 18.5. The minimum absolute atomic E-state index is 0.227. The Kier molecular flexibility index (Phi) is 6.32. The number of hydrogen-bond acceptors (Lipinski definition) is 6. The molecule has 1 saturated carbocycles. The molecule has 1 aromatic carbocycles. The van der Waals surface area contributed by atoms with Gasteiger partial charge in [-0.05, 0) is 43.5 Å². The zero-order valence-corrected chi connectivity index (χ0v) is 16.6. The molecular formula is C20H27N3O3S. The van der Waals surface area contributed by atoms with E-state index in [9.17, 15) is 0 Å². The summed E-state index contributed by atoms with van der Waals surface area (Å²) in [6.45, 7) is 1.18. The fourth-order valence-corrected chi connectivity index (χ4v) is 4.85. The molecule has 2 fully saturated rings. The molecule has 0 radical (unpaired) electrons. The lowest BCUT2D eigenvalue weighted by molar-refractivity contribution is -0.130. The summed E-state index contributed by atoms with van der Waals surface area (Å²) in [7, 11) is 1.69. The van der Waals surface area contributed by atoms with Crippen LogP contribution in [0.2, 0.25) is 0 Å². The van der Waals surface area contributed by atoms with Crippen molar-refractivity contribution in [3.05, 3.63) is 24.3 Å². The van der Waals surface area contributed by atoms with Crippen LogP contribution in [0, 0.1) is 0 Å². The Hall–Kier alpha value is -1.57. The molecular weight excluding hydrogens is 362 g/mol. The molecule has 0 N–H and O–H groups in total. The second kappa shape index (κ2) is 9.08. The zero-order valence-electron chi connectivity index (χ0n) is 15.8. The van der Waals surface area contributed by atoms with Crippen LogP contribution in [0.15, 0.2) is 29.4 Å². The van der Waals surface area contributed by atoms with E-state index in [1.54, 1.807) is 18.9 Å². The molecule has 0 bridgehead atoms. The monoisotopic (exact) mass is 389 g/mol. The van der Waals surface area contributed by atoms with Crippen molar-refractivity contribution in [3.63, 3.8) is 0 Å². The van der Waals surface area contributed by atoms with E-state index in [1.165, 1.54) is 32.1 Å². The van der Waals surface area contributed by atoms with Crippen molar-refractivity contribution in [2.75, 3.05) is 26.3 Å². The third-order valence-electron chi connectivity index (χ3n) is 5.32. The largest absolute Gasteiger partial charge is 0.497 e. The normalized spacial score (nSPS) is 21.3. The fourth-order valence-electron chi connectivity index (χ4n) is 3.78. The van der Waals surface area contributed by atoms with E-state index in [2.05, 4.69) is 26.9 Å². The molecule has 146 valence electrons. The molecule has 7 heteroatoms. The molecule has 1 saturated heterocycles. The summed E-state index contributed by atoms with van der Waals surface area (Å²) >= 11 is 1.75. The van der Waals surface area contributed by atoms with Crippen molar-refractivity contribution in [1.29, 1.82) is 0 Å². The van der Waals surface area contributed by atoms with E-state index in [0.717, 1.165) is 41.1 Å². The van der Waals surface area contributed by atoms with Gasteiger partial charge in [0.2, 0.25) is 0 Å². The summed E-state index contributed by atoms with van der Waals surface area (Å²) < 4.78 is 18.6. The summed E-state index contributed by atoms with van der Waals surface area (Å²) in [6, 6.07) is 8.58. The lowest BCUT2D eigenvalue weighted by atomic mass is 9.95. The molecule has 1 aliphatic carbocycles. The average Bonchev–Trinajstić information content (AvgIpc) is 3.17. The first-order valence-corrected chi connectivity index (χ1v) is 10.7. The predicted octanol–water partition coefficient (Wildman–Crippen LogP) is 4.31. The topological polar surface area (TPSA) is 58.4 Å². The van der Waals surface area contributed by atoms with Gasteiger partial charge in [-0.3, -0.25) is 4.57 Å². The molecule has 1 atom stereocenters. The van der Waals surface area contributed by atoms with Gasteiger partial charge in [0.1, 0.15) is 12.5 Å². The van der Waals surface area contributed by atoms with Crippen LogP contribution in [0.25, 0.3) is 11.4 Å². The number of nitrogens with zero attached hydrogens (tertiary/aromatic N) is 3. The van der Waals surface area contributed by atoms with Gasteiger partial charge in [-0.2, -0.15) is 0 Å². The van der Waals surface area contributed by atoms with Crippen LogP contribution in [0.5, 0.6) is 5.75 Å². The molecule has 27 heavy (non-hydrogen) atoms. The van der Waals surface area contributed by atoms with Gasteiger partial charge in [0.05, 0.1) is 19.8 Å². The average molecular weight is 390 g/mol. The summed E-state index contributed by atoms with van der Waals surface area (Å²) in [5, 5.41) is 10.1. The molecule has 4 rings (SSSR count). The molecule has 0 amide bonds. The van der Waals surface area contributed by atoms with Crippen molar-refractivity contribution >= 4 is 11.8 Å². The summed E-state index contributed by atoms with van der Waals surface area (Å²) in [5.41, 5.74) is 1.09. The van der Waals surface area contributed by atoms with Crippen LogP contribution in [-0.2, 0) is 9.47 Å². The number of thioether (sulfide) groups is 1. The first kappa shape index (κ1) is 18.8. The van der Waals surface area contributed by atoms with Crippen LogP contribution in [0.3, 0.4) is 0 Å². The number of methoxy groups -OCH3 is 1. The summed E-state index contributed by atoms with van der Waals surface area (Å²) in [4.78, 5) is 0. The number of rotatable bonds is 6. The maximum absolute atomic E-state index is 5.69. The first-order valence-electron chi connectivity index (χ1n) is 9.76. The highest BCUT2D eigenvalue weighted by atomic mass is 32.2. The first-order chi connectivity index (χ1) is 13.3. The molecule has 1 aromatic heterocycles. The van der Waals surface area contributed by atoms with Crippen LogP contribution in [0.1, 0.15) is 44.6 Å². The van der Waals surface area contributed by atoms with Crippen LogP contribution in [0.4, 0.5) is 0 Å². The quantitative estimate of drug-likeness (QED) is 0.686. The lowest BCUT2D eigenvalue weighted by Gasteiger charge is -2.26. The fraction of sp³-hybridized carbons (Fsp3) is 0.600. The second-order valence-corrected chi connectivity index (χ2v) is 8.10. The summed E-state index contributed by atoms with van der Waals surface area (Å²) in [6.07, 6.45) is 7.44. The van der Waals surface area contributed by atoms with E-state index in [4.69, 9.17) is 14.2 Å². The van der Waals surface area contributed by atoms with E-state index in [1.807, 2.05) is 12.1 Å². The minimum atomic E-state index is 0.227. The lowest BCUT2D eigenvalue weighted by Crippen LogP contribution is -2.26. The van der Waals surface area contributed by atoms with Crippen LogP contribution < -0.4 is 4.74 Å². The van der Waals surface area contributed by atoms with Gasteiger partial charge < -0.3 is 14.2 Å². The molecule has 1 aliphatic heterocycles.